The average molecular weight is 248 g/mol. The molecule has 3 heteroatoms. The van der Waals surface area contributed by atoms with Crippen LogP contribution in [0.15, 0.2) is 30.3 Å². The largest absolute Gasteiger partial charge is 0.356 e. The Balaban J connectivity index is 2.53. The van der Waals surface area contributed by atoms with Crippen LogP contribution in [0.4, 0.5) is 0 Å². The fraction of sp³-hybridized carbons (Fsp3) is 0.533. The zero-order valence-electron chi connectivity index (χ0n) is 11.6. The second kappa shape index (κ2) is 6.55. The summed E-state index contributed by atoms with van der Waals surface area (Å²) in [6, 6.07) is 10.1. The predicted octanol–water partition coefficient (Wildman–Crippen LogP) is 2.07. The van der Waals surface area contributed by atoms with Gasteiger partial charge in [-0.25, -0.2) is 0 Å². The van der Waals surface area contributed by atoms with Gasteiger partial charge in [0.05, 0.1) is 0 Å². The van der Waals surface area contributed by atoms with E-state index in [4.69, 9.17) is 5.73 Å². The van der Waals surface area contributed by atoms with E-state index in [9.17, 15) is 4.79 Å². The lowest BCUT2D eigenvalue weighted by molar-refractivity contribution is -0.122. The molecule has 100 valence electrons. The van der Waals surface area contributed by atoms with E-state index in [-0.39, 0.29) is 11.3 Å². The van der Waals surface area contributed by atoms with Gasteiger partial charge >= 0.3 is 0 Å². The first-order chi connectivity index (χ1) is 8.45. The highest BCUT2D eigenvalue weighted by Gasteiger charge is 2.23. The summed E-state index contributed by atoms with van der Waals surface area (Å²) >= 11 is 0. The van der Waals surface area contributed by atoms with E-state index in [1.54, 1.807) is 0 Å². The van der Waals surface area contributed by atoms with E-state index >= 15 is 0 Å². The number of nitrogens with one attached hydrogen (secondary N) is 1. The number of carbonyl (C=O) groups is 1. The van der Waals surface area contributed by atoms with Crippen molar-refractivity contribution in [3.8, 4) is 0 Å². The van der Waals surface area contributed by atoms with Gasteiger partial charge in [0.15, 0.2) is 0 Å². The first kappa shape index (κ1) is 14.7. The lowest BCUT2D eigenvalue weighted by Gasteiger charge is -2.25. The fourth-order valence-electron chi connectivity index (χ4n) is 1.83. The molecule has 0 radical (unpaired) electrons. The molecule has 0 saturated carbocycles. The molecular weight excluding hydrogens is 224 g/mol. The molecule has 3 nitrogen and oxygen atoms in total. The van der Waals surface area contributed by atoms with Crippen LogP contribution < -0.4 is 11.1 Å². The van der Waals surface area contributed by atoms with Crippen molar-refractivity contribution in [1.82, 2.24) is 5.32 Å². The van der Waals surface area contributed by atoms with E-state index in [1.807, 2.05) is 25.1 Å². The molecule has 18 heavy (non-hydrogen) atoms. The number of hydrogen-bond acceptors (Lipinski definition) is 2. The number of benzene rings is 1. The van der Waals surface area contributed by atoms with Crippen LogP contribution in [-0.4, -0.2) is 19.0 Å². The third-order valence-corrected chi connectivity index (χ3v) is 3.21. The molecule has 1 atom stereocenters. The van der Waals surface area contributed by atoms with Gasteiger partial charge in [0.1, 0.15) is 0 Å². The quantitative estimate of drug-likeness (QED) is 0.809. The molecule has 0 aliphatic heterocycles. The first-order valence-electron chi connectivity index (χ1n) is 6.48. The highest BCUT2D eigenvalue weighted by molar-refractivity contribution is 5.77. The van der Waals surface area contributed by atoms with Gasteiger partial charge in [0.2, 0.25) is 5.91 Å². The Hall–Kier alpha value is -1.35. The smallest absolute Gasteiger partial charge is 0.220 e. The van der Waals surface area contributed by atoms with Crippen molar-refractivity contribution in [2.45, 2.75) is 32.6 Å². The maximum Gasteiger partial charge on any atom is 0.220 e. The monoisotopic (exact) mass is 248 g/mol. The SMILES string of the molecule is CC(CN)CNC(=O)CC(C)(C)c1ccccc1. The Morgan fingerprint density at radius 3 is 2.50 bits per heavy atom. The summed E-state index contributed by atoms with van der Waals surface area (Å²) in [5, 5.41) is 2.94. The highest BCUT2D eigenvalue weighted by Crippen LogP contribution is 2.26. The zero-order chi connectivity index (χ0) is 13.6. The summed E-state index contributed by atoms with van der Waals surface area (Å²) in [5.41, 5.74) is 6.57. The molecule has 0 aromatic heterocycles. The molecule has 1 rings (SSSR count). The minimum atomic E-state index is -0.142. The van der Waals surface area contributed by atoms with Gasteiger partial charge in [-0.15, -0.1) is 0 Å². The Labute approximate surface area is 110 Å². The molecule has 1 aromatic carbocycles. The molecule has 0 bridgehead atoms. The first-order valence-corrected chi connectivity index (χ1v) is 6.48. The second-order valence-electron chi connectivity index (χ2n) is 5.57. The molecular formula is C15H24N2O. The molecule has 0 spiro atoms. The van der Waals surface area contributed by atoms with Crippen molar-refractivity contribution in [2.75, 3.05) is 13.1 Å². The van der Waals surface area contributed by atoms with Crippen LogP contribution in [0.25, 0.3) is 0 Å². The van der Waals surface area contributed by atoms with Gasteiger partial charge in [-0.05, 0) is 23.4 Å². The van der Waals surface area contributed by atoms with Gasteiger partial charge in [-0.3, -0.25) is 4.79 Å². The van der Waals surface area contributed by atoms with Crippen molar-refractivity contribution in [3.05, 3.63) is 35.9 Å². The number of carbonyl (C=O) groups excluding carboxylic acids is 1. The zero-order valence-corrected chi connectivity index (χ0v) is 11.6. The summed E-state index contributed by atoms with van der Waals surface area (Å²) in [7, 11) is 0. The summed E-state index contributed by atoms with van der Waals surface area (Å²) in [4.78, 5) is 11.9. The maximum atomic E-state index is 11.9. The minimum Gasteiger partial charge on any atom is -0.356 e. The molecule has 1 aromatic rings. The minimum absolute atomic E-state index is 0.0872. The van der Waals surface area contributed by atoms with Gasteiger partial charge in [-0.2, -0.15) is 0 Å². The van der Waals surface area contributed by atoms with Gasteiger partial charge in [0, 0.05) is 13.0 Å². The van der Waals surface area contributed by atoms with Crippen molar-refractivity contribution in [2.24, 2.45) is 11.7 Å². The molecule has 0 heterocycles. The average Bonchev–Trinajstić information content (AvgIpc) is 2.36. The Morgan fingerprint density at radius 1 is 1.33 bits per heavy atom. The summed E-state index contributed by atoms with van der Waals surface area (Å²) < 4.78 is 0. The standard InChI is InChI=1S/C15H24N2O/c1-12(10-16)11-17-14(18)9-15(2,3)13-7-5-4-6-8-13/h4-8,12H,9-11,16H2,1-3H3,(H,17,18). The van der Waals surface area contributed by atoms with Crippen LogP contribution >= 0.6 is 0 Å². The third kappa shape index (κ3) is 4.49. The molecule has 0 fully saturated rings. The predicted molar refractivity (Wildman–Crippen MR) is 75.3 cm³/mol. The number of hydrogen-bond donors (Lipinski definition) is 2. The van der Waals surface area contributed by atoms with Gasteiger partial charge in [0.25, 0.3) is 0 Å². The van der Waals surface area contributed by atoms with E-state index in [2.05, 4.69) is 31.3 Å². The van der Waals surface area contributed by atoms with Crippen LogP contribution in [-0.2, 0) is 10.2 Å². The lowest BCUT2D eigenvalue weighted by Crippen LogP contribution is -2.35. The summed E-state index contributed by atoms with van der Waals surface area (Å²) in [5.74, 6) is 0.415. The van der Waals surface area contributed by atoms with Crippen LogP contribution in [0.5, 0.6) is 0 Å². The number of amides is 1. The van der Waals surface area contributed by atoms with Gasteiger partial charge < -0.3 is 11.1 Å². The Bertz CT molecular complexity index is 373. The second-order valence-corrected chi connectivity index (χ2v) is 5.57. The van der Waals surface area contributed by atoms with Crippen molar-refractivity contribution >= 4 is 5.91 Å². The Morgan fingerprint density at radius 2 is 1.94 bits per heavy atom. The molecule has 1 amide bonds. The Kier molecular flexibility index (Phi) is 5.35. The fourth-order valence-corrected chi connectivity index (χ4v) is 1.83. The normalized spacial score (nSPS) is 13.1. The van der Waals surface area contributed by atoms with E-state index in [0.29, 0.717) is 25.4 Å². The number of nitrogens with two attached hydrogens (primary N) is 1. The summed E-state index contributed by atoms with van der Waals surface area (Å²) in [6.07, 6.45) is 0.494. The topological polar surface area (TPSA) is 55.1 Å². The van der Waals surface area contributed by atoms with Crippen molar-refractivity contribution < 1.29 is 4.79 Å². The van der Waals surface area contributed by atoms with Crippen molar-refractivity contribution in [3.63, 3.8) is 0 Å². The third-order valence-electron chi connectivity index (χ3n) is 3.21. The van der Waals surface area contributed by atoms with Gasteiger partial charge in [-0.1, -0.05) is 51.1 Å². The van der Waals surface area contributed by atoms with E-state index in [1.165, 1.54) is 5.56 Å². The maximum absolute atomic E-state index is 11.9. The molecule has 0 aliphatic carbocycles. The number of rotatable bonds is 6. The van der Waals surface area contributed by atoms with Crippen LogP contribution in [0.2, 0.25) is 0 Å². The van der Waals surface area contributed by atoms with E-state index < -0.39 is 0 Å². The molecule has 0 aliphatic rings. The molecule has 3 N–H and O–H groups in total. The highest BCUT2D eigenvalue weighted by atomic mass is 16.1. The lowest BCUT2D eigenvalue weighted by atomic mass is 9.81. The molecule has 1 unspecified atom stereocenters. The summed E-state index contributed by atoms with van der Waals surface area (Å²) in [6.45, 7) is 7.47. The van der Waals surface area contributed by atoms with Crippen molar-refractivity contribution in [1.29, 1.82) is 0 Å². The molecule has 0 saturated heterocycles. The van der Waals surface area contributed by atoms with E-state index in [0.717, 1.165) is 0 Å². The van der Waals surface area contributed by atoms with Crippen LogP contribution in [0.1, 0.15) is 32.8 Å². The van der Waals surface area contributed by atoms with Crippen LogP contribution in [0.3, 0.4) is 0 Å². The van der Waals surface area contributed by atoms with Crippen LogP contribution in [0, 0.1) is 5.92 Å².